The van der Waals surface area contributed by atoms with Crippen LogP contribution in [0, 0.1) is 28.1 Å². The summed E-state index contributed by atoms with van der Waals surface area (Å²) in [5.74, 6) is -1.87. The zero-order valence-electron chi connectivity index (χ0n) is 22.0. The standard InChI is InChI=1S/C30H40O5/c1-6-7-8-12-19-23(25(32)22(26(33)24(19)31)18-11-9-10-17(2)15-18)27(34)35-21-16-30-20(28(30,3)4)13-14-29(21,30)5/h15,18,20-21,33H,6-14,16H2,1-5H3. The molecule has 5 aliphatic carbocycles. The minimum atomic E-state index is -0.667. The van der Waals surface area contributed by atoms with E-state index in [0.717, 1.165) is 50.5 Å². The minimum Gasteiger partial charge on any atom is -0.504 e. The second kappa shape index (κ2) is 8.18. The summed E-state index contributed by atoms with van der Waals surface area (Å²) in [4.78, 5) is 40.7. The van der Waals surface area contributed by atoms with Crippen LogP contribution in [-0.2, 0) is 19.1 Å². The lowest BCUT2D eigenvalue weighted by molar-refractivity contribution is -0.185. The summed E-state index contributed by atoms with van der Waals surface area (Å²) in [6.45, 7) is 10.9. The van der Waals surface area contributed by atoms with Crippen LogP contribution >= 0.6 is 0 Å². The van der Waals surface area contributed by atoms with Gasteiger partial charge in [0, 0.05) is 16.9 Å². The smallest absolute Gasteiger partial charge is 0.342 e. The van der Waals surface area contributed by atoms with E-state index >= 15 is 0 Å². The van der Waals surface area contributed by atoms with Crippen LogP contribution in [0.4, 0.5) is 0 Å². The lowest BCUT2D eigenvalue weighted by Gasteiger charge is -2.54. The third-order valence-electron chi connectivity index (χ3n) is 10.7. The van der Waals surface area contributed by atoms with Gasteiger partial charge in [0.15, 0.2) is 5.76 Å². The molecule has 0 aromatic heterocycles. The molecule has 5 rings (SSSR count). The summed E-state index contributed by atoms with van der Waals surface area (Å²) in [6, 6.07) is 0. The fourth-order valence-corrected chi connectivity index (χ4v) is 8.65. The second-order valence-corrected chi connectivity index (χ2v) is 12.5. The zero-order valence-corrected chi connectivity index (χ0v) is 22.0. The van der Waals surface area contributed by atoms with Gasteiger partial charge in [-0.3, -0.25) is 9.59 Å². The van der Waals surface area contributed by atoms with Gasteiger partial charge in [0.25, 0.3) is 0 Å². The van der Waals surface area contributed by atoms with Gasteiger partial charge in [-0.25, -0.2) is 4.79 Å². The molecule has 0 heterocycles. The number of Topliss-reactive ketones (excluding diaryl/α,β-unsaturated/α-hetero) is 2. The summed E-state index contributed by atoms with van der Waals surface area (Å²) < 4.78 is 6.09. The molecule has 3 saturated carbocycles. The highest BCUT2D eigenvalue weighted by molar-refractivity contribution is 6.34. The molecule has 0 aromatic rings. The topological polar surface area (TPSA) is 80.7 Å². The Kier molecular flexibility index (Phi) is 5.73. The van der Waals surface area contributed by atoms with Crippen LogP contribution in [0.3, 0.4) is 0 Å². The fraction of sp³-hybridized carbons (Fsp3) is 0.700. The molecule has 0 amide bonds. The van der Waals surface area contributed by atoms with Crippen LogP contribution in [0.1, 0.15) is 98.8 Å². The van der Waals surface area contributed by atoms with Crippen molar-refractivity contribution in [2.24, 2.45) is 28.1 Å². The first kappa shape index (κ1) is 24.5. The molecule has 0 bridgehead atoms. The molecule has 0 aliphatic heterocycles. The maximum atomic E-state index is 13.8. The number of ketones is 2. The number of aliphatic hydroxyl groups excluding tert-OH is 1. The molecule has 5 unspecified atom stereocenters. The molecule has 5 aliphatic rings. The van der Waals surface area contributed by atoms with Gasteiger partial charge in [0.2, 0.25) is 11.6 Å². The highest BCUT2D eigenvalue weighted by Crippen LogP contribution is 2.90. The number of esters is 1. The van der Waals surface area contributed by atoms with Crippen molar-refractivity contribution in [1.82, 2.24) is 0 Å². The molecule has 3 fully saturated rings. The van der Waals surface area contributed by atoms with Crippen molar-refractivity contribution in [3.8, 4) is 0 Å². The average molecular weight is 481 g/mol. The van der Waals surface area contributed by atoms with Crippen molar-refractivity contribution < 1.29 is 24.2 Å². The number of rotatable bonds is 7. The van der Waals surface area contributed by atoms with Crippen molar-refractivity contribution in [3.05, 3.63) is 34.1 Å². The highest BCUT2D eigenvalue weighted by atomic mass is 16.5. The summed E-state index contributed by atoms with van der Waals surface area (Å²) in [6.07, 6.45) is 10.1. The van der Waals surface area contributed by atoms with Gasteiger partial charge in [-0.1, -0.05) is 52.2 Å². The molecule has 5 nitrogen and oxygen atoms in total. The van der Waals surface area contributed by atoms with Crippen molar-refractivity contribution in [2.75, 3.05) is 0 Å². The van der Waals surface area contributed by atoms with Crippen molar-refractivity contribution in [3.63, 3.8) is 0 Å². The van der Waals surface area contributed by atoms with Crippen LogP contribution in [0.5, 0.6) is 0 Å². The quantitative estimate of drug-likeness (QED) is 0.151. The predicted molar refractivity (Wildman–Crippen MR) is 133 cm³/mol. The number of allylic oxidation sites excluding steroid dienone is 4. The van der Waals surface area contributed by atoms with Gasteiger partial charge < -0.3 is 9.84 Å². The Morgan fingerprint density at radius 2 is 1.89 bits per heavy atom. The third kappa shape index (κ3) is 3.22. The molecular weight excluding hydrogens is 440 g/mol. The number of carbonyl (C=O) groups is 3. The first-order valence-electron chi connectivity index (χ1n) is 13.6. The highest BCUT2D eigenvalue weighted by Gasteiger charge is 2.87. The summed E-state index contributed by atoms with van der Waals surface area (Å²) >= 11 is 0. The number of aliphatic hydroxyl groups is 1. The molecule has 1 spiro atoms. The summed E-state index contributed by atoms with van der Waals surface area (Å²) in [7, 11) is 0. The van der Waals surface area contributed by atoms with Crippen LogP contribution in [0.15, 0.2) is 34.1 Å². The minimum absolute atomic E-state index is 0.0640. The van der Waals surface area contributed by atoms with Crippen LogP contribution < -0.4 is 0 Å². The van der Waals surface area contributed by atoms with Gasteiger partial charge in [0.1, 0.15) is 11.7 Å². The Morgan fingerprint density at radius 3 is 2.54 bits per heavy atom. The second-order valence-electron chi connectivity index (χ2n) is 12.5. The van der Waals surface area contributed by atoms with E-state index in [1.165, 1.54) is 0 Å². The number of unbranched alkanes of at least 4 members (excludes halogenated alkanes) is 2. The fourth-order valence-electron chi connectivity index (χ4n) is 8.65. The van der Waals surface area contributed by atoms with Gasteiger partial charge >= 0.3 is 5.97 Å². The Morgan fingerprint density at radius 1 is 1.14 bits per heavy atom. The molecule has 0 radical (unpaired) electrons. The van der Waals surface area contributed by atoms with Crippen LogP contribution in [0.2, 0.25) is 0 Å². The van der Waals surface area contributed by atoms with E-state index in [1.54, 1.807) is 0 Å². The largest absolute Gasteiger partial charge is 0.504 e. The lowest BCUT2D eigenvalue weighted by Crippen LogP contribution is -2.56. The van der Waals surface area contributed by atoms with Gasteiger partial charge in [-0.05, 0) is 75.0 Å². The molecule has 1 N–H and O–H groups in total. The SMILES string of the molecule is CCCCCC1=C(C(=O)OC2CC34C(CCC23C)C4(C)C)C(=O)C(C2C=C(C)CCC2)=C(O)C1=O. The number of hydrogen-bond donors (Lipinski definition) is 1. The van der Waals surface area contributed by atoms with Crippen LogP contribution in [-0.4, -0.2) is 28.7 Å². The molecular formula is C30H40O5. The maximum absolute atomic E-state index is 13.8. The van der Waals surface area contributed by atoms with Crippen molar-refractivity contribution >= 4 is 17.5 Å². The zero-order chi connectivity index (χ0) is 25.3. The van der Waals surface area contributed by atoms with E-state index in [1.807, 2.05) is 13.0 Å². The Labute approximate surface area is 209 Å². The Hall–Kier alpha value is -2.17. The monoisotopic (exact) mass is 480 g/mol. The molecule has 5 atom stereocenters. The van der Waals surface area contributed by atoms with E-state index < -0.39 is 23.3 Å². The van der Waals surface area contributed by atoms with Gasteiger partial charge in [-0.2, -0.15) is 0 Å². The summed E-state index contributed by atoms with van der Waals surface area (Å²) in [5.41, 5.74) is 1.69. The number of ether oxygens (including phenoxy) is 1. The van der Waals surface area contributed by atoms with E-state index in [9.17, 15) is 19.5 Å². The maximum Gasteiger partial charge on any atom is 0.342 e. The molecule has 35 heavy (non-hydrogen) atoms. The first-order chi connectivity index (χ1) is 16.5. The van der Waals surface area contributed by atoms with Crippen molar-refractivity contribution in [2.45, 2.75) is 105 Å². The number of hydrogen-bond acceptors (Lipinski definition) is 5. The predicted octanol–water partition coefficient (Wildman–Crippen LogP) is 6.33. The molecule has 0 aromatic carbocycles. The third-order valence-corrected chi connectivity index (χ3v) is 10.7. The van der Waals surface area contributed by atoms with Crippen molar-refractivity contribution in [1.29, 1.82) is 0 Å². The molecule has 5 heteroatoms. The number of carbonyl (C=O) groups excluding carboxylic acids is 3. The lowest BCUT2D eigenvalue weighted by atomic mass is 9.53. The van der Waals surface area contributed by atoms with Crippen LogP contribution in [0.25, 0.3) is 0 Å². The van der Waals surface area contributed by atoms with E-state index in [2.05, 4.69) is 27.7 Å². The molecule has 190 valence electrons. The van der Waals surface area contributed by atoms with Gasteiger partial charge in [-0.15, -0.1) is 0 Å². The van der Waals surface area contributed by atoms with Gasteiger partial charge in [0.05, 0.1) is 5.57 Å². The molecule has 0 saturated heterocycles. The Bertz CT molecular complexity index is 1090. The van der Waals surface area contributed by atoms with E-state index in [0.29, 0.717) is 25.2 Å². The van der Waals surface area contributed by atoms with E-state index in [4.69, 9.17) is 4.74 Å². The average Bonchev–Trinajstić information content (AvgIpc) is 3.19. The first-order valence-corrected chi connectivity index (χ1v) is 13.6. The van der Waals surface area contributed by atoms with E-state index in [-0.39, 0.29) is 45.0 Å². The Balaban J connectivity index is 1.44. The normalized spacial score (nSPS) is 37.5. The summed E-state index contributed by atoms with van der Waals surface area (Å²) in [5, 5.41) is 10.9.